The molecule has 1 aliphatic heterocycles. The van der Waals surface area contributed by atoms with Crippen molar-refractivity contribution in [3.05, 3.63) is 99.1 Å². The van der Waals surface area contributed by atoms with Crippen molar-refractivity contribution in [3.8, 4) is 5.75 Å². The summed E-state index contributed by atoms with van der Waals surface area (Å²) >= 11 is 0. The molecule has 1 unspecified atom stereocenters. The van der Waals surface area contributed by atoms with Gasteiger partial charge in [0.25, 0.3) is 5.56 Å². The Morgan fingerprint density at radius 3 is 2.50 bits per heavy atom. The number of aromatic nitrogens is 2. The molecule has 3 N–H and O–H groups in total. The average Bonchev–Trinajstić information content (AvgIpc) is 3.29. The van der Waals surface area contributed by atoms with Crippen LogP contribution in [0, 0.1) is 5.82 Å². The van der Waals surface area contributed by atoms with E-state index >= 15 is 0 Å². The molecule has 1 saturated heterocycles. The zero-order chi connectivity index (χ0) is 28.9. The lowest BCUT2D eigenvalue weighted by Gasteiger charge is -2.30. The van der Waals surface area contributed by atoms with Crippen molar-refractivity contribution in [1.29, 1.82) is 0 Å². The second-order valence-corrected chi connectivity index (χ2v) is 11.2. The van der Waals surface area contributed by atoms with E-state index in [4.69, 9.17) is 18.5 Å². The van der Waals surface area contributed by atoms with E-state index in [0.717, 1.165) is 10.1 Å². The van der Waals surface area contributed by atoms with Gasteiger partial charge in [0, 0.05) is 6.42 Å². The molecule has 12 nitrogen and oxygen atoms in total. The van der Waals surface area contributed by atoms with E-state index in [1.165, 1.54) is 26.0 Å². The van der Waals surface area contributed by atoms with Gasteiger partial charge in [-0.15, -0.1) is 0 Å². The van der Waals surface area contributed by atoms with Gasteiger partial charge in [-0.1, -0.05) is 48.5 Å². The fraction of sp³-hybridized carbons (Fsp3) is 0.346. The average molecular weight is 578 g/mol. The van der Waals surface area contributed by atoms with E-state index in [2.05, 4.69) is 5.09 Å². The summed E-state index contributed by atoms with van der Waals surface area (Å²) in [6.07, 6.45) is -2.92. The SMILES string of the molecule is CC(C)(NP(=O)(OC[C@H]1O[C@@H](n2cc(F)c(=O)[nH]c2=O)C[C@@H]1O)Oc1ccccc1)C(=O)OCc1ccccc1. The molecule has 2 aromatic carbocycles. The number of nitrogens with one attached hydrogen (secondary N) is 2. The Morgan fingerprint density at radius 1 is 1.18 bits per heavy atom. The highest BCUT2D eigenvalue weighted by Gasteiger charge is 2.43. The van der Waals surface area contributed by atoms with Crippen LogP contribution in [0.3, 0.4) is 0 Å². The maximum absolute atomic E-state index is 13.9. The number of esters is 1. The number of rotatable bonds is 11. The summed E-state index contributed by atoms with van der Waals surface area (Å²) in [7, 11) is -4.32. The van der Waals surface area contributed by atoms with Crippen molar-refractivity contribution in [2.24, 2.45) is 0 Å². The molecule has 1 fully saturated rings. The van der Waals surface area contributed by atoms with E-state index in [9.17, 15) is 28.4 Å². The minimum atomic E-state index is -4.32. The monoisotopic (exact) mass is 577 g/mol. The first-order valence-corrected chi connectivity index (χ1v) is 13.8. The van der Waals surface area contributed by atoms with Crippen LogP contribution in [0.25, 0.3) is 0 Å². The zero-order valence-electron chi connectivity index (χ0n) is 21.7. The van der Waals surface area contributed by atoms with Crippen LogP contribution in [-0.2, 0) is 30.0 Å². The van der Waals surface area contributed by atoms with E-state index in [1.807, 2.05) is 11.1 Å². The number of para-hydroxylation sites is 1. The second kappa shape index (κ2) is 12.3. The van der Waals surface area contributed by atoms with E-state index in [-0.39, 0.29) is 18.8 Å². The zero-order valence-corrected chi connectivity index (χ0v) is 22.6. The molecule has 0 bridgehead atoms. The van der Waals surface area contributed by atoms with Crippen molar-refractivity contribution >= 4 is 13.7 Å². The molecule has 1 aromatic heterocycles. The second-order valence-electron chi connectivity index (χ2n) is 9.57. The van der Waals surface area contributed by atoms with E-state index in [1.54, 1.807) is 42.5 Å². The predicted molar refractivity (Wildman–Crippen MR) is 140 cm³/mol. The van der Waals surface area contributed by atoms with Crippen LogP contribution in [0.4, 0.5) is 4.39 Å². The molecule has 4 atom stereocenters. The van der Waals surface area contributed by atoms with Gasteiger partial charge in [0.2, 0.25) is 5.82 Å². The summed E-state index contributed by atoms with van der Waals surface area (Å²) in [5.41, 5.74) is -2.90. The number of aliphatic hydroxyl groups is 1. The van der Waals surface area contributed by atoms with Gasteiger partial charge >= 0.3 is 19.4 Å². The molecule has 0 spiro atoms. The minimum absolute atomic E-state index is 0.0102. The Hall–Kier alpha value is -3.61. The summed E-state index contributed by atoms with van der Waals surface area (Å²) in [5, 5.41) is 13.1. The Kier molecular flexibility index (Phi) is 9.02. The van der Waals surface area contributed by atoms with Crippen molar-refractivity contribution in [2.45, 2.75) is 50.8 Å². The van der Waals surface area contributed by atoms with Gasteiger partial charge in [0.15, 0.2) is 0 Å². The molecular formula is C26H29FN3O9P. The largest absolute Gasteiger partial charge is 0.459 e. The van der Waals surface area contributed by atoms with Crippen LogP contribution >= 0.6 is 7.75 Å². The standard InChI is InChI=1S/C26H29FN3O9P/c1-26(2,24(33)36-15-17-9-5-3-6-10-17)29-40(35,39-18-11-7-4-8-12-18)37-16-21-20(31)13-22(38-21)30-14-19(27)23(32)28-25(30)34/h3-12,14,20-22,31H,13,15-16H2,1-2H3,(H,29,35)(H,28,32,34)/t20-,21+,22+,40?/m0/s1. The summed E-state index contributed by atoms with van der Waals surface area (Å²) in [4.78, 5) is 38.2. The maximum atomic E-state index is 13.9. The van der Waals surface area contributed by atoms with Crippen molar-refractivity contribution < 1.29 is 37.4 Å². The van der Waals surface area contributed by atoms with Crippen LogP contribution in [0.1, 0.15) is 32.1 Å². The summed E-state index contributed by atoms with van der Waals surface area (Å²) < 4.78 is 50.7. The van der Waals surface area contributed by atoms with Crippen molar-refractivity contribution in [2.75, 3.05) is 6.61 Å². The van der Waals surface area contributed by atoms with Crippen molar-refractivity contribution in [1.82, 2.24) is 14.6 Å². The highest BCUT2D eigenvalue weighted by Crippen LogP contribution is 2.47. The number of halogens is 1. The first-order chi connectivity index (χ1) is 19.0. The van der Waals surface area contributed by atoms with Gasteiger partial charge in [0.1, 0.15) is 30.2 Å². The number of aromatic amines is 1. The number of hydrogen-bond acceptors (Lipinski definition) is 9. The molecule has 14 heteroatoms. The van der Waals surface area contributed by atoms with Crippen LogP contribution < -0.4 is 20.9 Å². The van der Waals surface area contributed by atoms with E-state index in [0.29, 0.717) is 6.20 Å². The first-order valence-electron chi connectivity index (χ1n) is 12.3. The molecule has 0 amide bonds. The number of hydrogen-bond donors (Lipinski definition) is 3. The van der Waals surface area contributed by atoms with Gasteiger partial charge in [0.05, 0.1) is 18.9 Å². The van der Waals surface area contributed by atoms with Crippen LogP contribution in [0.5, 0.6) is 5.75 Å². The summed E-state index contributed by atoms with van der Waals surface area (Å²) in [5.74, 6) is -1.76. The highest BCUT2D eigenvalue weighted by atomic mass is 31.2. The number of carbonyl (C=O) groups excluding carboxylic acids is 1. The Labute approximate surface area is 228 Å². The number of H-pyrrole nitrogens is 1. The molecule has 4 rings (SSSR count). The highest BCUT2D eigenvalue weighted by molar-refractivity contribution is 7.52. The Balaban J connectivity index is 1.47. The third-order valence-corrected chi connectivity index (χ3v) is 7.73. The number of benzene rings is 2. The molecule has 214 valence electrons. The van der Waals surface area contributed by atoms with Gasteiger partial charge in [-0.25, -0.2) is 9.36 Å². The predicted octanol–water partition coefficient (Wildman–Crippen LogP) is 2.64. The lowest BCUT2D eigenvalue weighted by molar-refractivity contribution is -0.151. The van der Waals surface area contributed by atoms with Crippen LogP contribution in [0.15, 0.2) is 76.4 Å². The molecule has 1 aliphatic rings. The molecular weight excluding hydrogens is 548 g/mol. The number of nitrogens with zero attached hydrogens (tertiary/aromatic N) is 1. The number of aliphatic hydroxyl groups excluding tert-OH is 1. The van der Waals surface area contributed by atoms with E-state index < -0.39 is 61.4 Å². The molecule has 0 radical (unpaired) electrons. The molecule has 0 saturated carbocycles. The Bertz CT molecular complexity index is 1480. The molecule has 40 heavy (non-hydrogen) atoms. The first kappa shape index (κ1) is 29.4. The lowest BCUT2D eigenvalue weighted by atomic mass is 10.1. The summed E-state index contributed by atoms with van der Waals surface area (Å²) in [6, 6.07) is 17.1. The summed E-state index contributed by atoms with van der Waals surface area (Å²) in [6.45, 7) is 2.38. The van der Waals surface area contributed by atoms with Gasteiger partial charge in [-0.3, -0.25) is 23.7 Å². The molecule has 3 aromatic rings. The van der Waals surface area contributed by atoms with Gasteiger partial charge in [-0.05, 0) is 31.5 Å². The van der Waals surface area contributed by atoms with Gasteiger partial charge < -0.3 is 19.1 Å². The Morgan fingerprint density at radius 2 is 1.82 bits per heavy atom. The van der Waals surface area contributed by atoms with Crippen LogP contribution in [-0.4, -0.2) is 45.0 Å². The fourth-order valence-corrected chi connectivity index (χ4v) is 5.56. The lowest BCUT2D eigenvalue weighted by Crippen LogP contribution is -2.47. The normalized spacial score (nSPS) is 20.6. The van der Waals surface area contributed by atoms with Gasteiger partial charge in [-0.2, -0.15) is 9.48 Å². The quantitative estimate of drug-likeness (QED) is 0.229. The van der Waals surface area contributed by atoms with Crippen molar-refractivity contribution in [3.63, 3.8) is 0 Å². The molecule has 2 heterocycles. The smallest absolute Gasteiger partial charge is 0.459 e. The number of ether oxygens (including phenoxy) is 2. The minimum Gasteiger partial charge on any atom is -0.459 e. The third-order valence-electron chi connectivity index (χ3n) is 5.96. The number of carbonyl (C=O) groups is 1. The molecule has 0 aliphatic carbocycles. The maximum Gasteiger partial charge on any atom is 0.459 e. The fourth-order valence-electron chi connectivity index (χ4n) is 3.88. The topological polar surface area (TPSA) is 158 Å². The third kappa shape index (κ3) is 7.32. The van der Waals surface area contributed by atoms with Crippen LogP contribution in [0.2, 0.25) is 0 Å².